The second-order valence-corrected chi connectivity index (χ2v) is 10.3. The second kappa shape index (κ2) is 10.5. The quantitative estimate of drug-likeness (QED) is 0.480. The van der Waals surface area contributed by atoms with Crippen molar-refractivity contribution in [1.29, 1.82) is 0 Å². The van der Waals surface area contributed by atoms with Gasteiger partial charge in [0.05, 0.1) is 28.3 Å². The van der Waals surface area contributed by atoms with Crippen molar-refractivity contribution in [3.63, 3.8) is 0 Å². The molecule has 8 nitrogen and oxygen atoms in total. The van der Waals surface area contributed by atoms with E-state index in [2.05, 4.69) is 16.4 Å². The average Bonchev–Trinajstić information content (AvgIpc) is 3.14. The van der Waals surface area contributed by atoms with Gasteiger partial charge in [0.25, 0.3) is 5.91 Å². The molecule has 0 aliphatic rings. The summed E-state index contributed by atoms with van der Waals surface area (Å²) < 4.78 is 38.3. The molecule has 1 N–H and O–H groups in total. The van der Waals surface area contributed by atoms with Crippen molar-refractivity contribution < 1.29 is 22.7 Å². The molecule has 0 aliphatic heterocycles. The highest BCUT2D eigenvalue weighted by Crippen LogP contribution is 2.28. The molecule has 2 aromatic carbocycles. The molecule has 0 aliphatic carbocycles. The summed E-state index contributed by atoms with van der Waals surface area (Å²) in [6, 6.07) is 9.90. The van der Waals surface area contributed by atoms with Crippen LogP contribution in [-0.2, 0) is 19.5 Å². The van der Waals surface area contributed by atoms with Crippen LogP contribution in [0.1, 0.15) is 21.5 Å². The highest BCUT2D eigenvalue weighted by molar-refractivity contribution is 7.89. The zero-order valence-corrected chi connectivity index (χ0v) is 20.2. The topological polar surface area (TPSA) is 97.8 Å². The predicted octanol–water partition coefficient (Wildman–Crippen LogP) is 3.45. The number of aryl methyl sites for hydroxylation is 2. The maximum atomic E-state index is 13.0. The lowest BCUT2D eigenvalue weighted by Gasteiger charge is -2.21. The molecule has 0 unspecified atom stereocenters. The molecule has 10 heteroatoms. The summed E-state index contributed by atoms with van der Waals surface area (Å²) in [5, 5.41) is 3.30. The molecule has 0 bridgehead atoms. The number of fused-ring (bicyclic) bond motifs is 1. The number of nitrogens with one attached hydrogen (secondary N) is 1. The minimum Gasteiger partial charge on any atom is -0.383 e. The van der Waals surface area contributed by atoms with Crippen LogP contribution in [0.4, 0.5) is 5.13 Å². The first kappa shape index (κ1) is 24.3. The van der Waals surface area contributed by atoms with Gasteiger partial charge in [-0.15, -0.1) is 0 Å². The van der Waals surface area contributed by atoms with E-state index in [1.807, 2.05) is 19.9 Å². The maximum absolute atomic E-state index is 13.0. The Morgan fingerprint density at radius 3 is 2.22 bits per heavy atom. The normalized spacial score (nSPS) is 11.9. The highest BCUT2D eigenvalue weighted by atomic mass is 32.2. The van der Waals surface area contributed by atoms with Crippen molar-refractivity contribution in [2.75, 3.05) is 45.8 Å². The number of methoxy groups -OCH3 is 2. The highest BCUT2D eigenvalue weighted by Gasteiger charge is 2.24. The Morgan fingerprint density at radius 1 is 1.03 bits per heavy atom. The first-order chi connectivity index (χ1) is 15.3. The molecule has 172 valence electrons. The Bertz CT molecular complexity index is 1140. The molecule has 0 saturated carbocycles. The van der Waals surface area contributed by atoms with E-state index in [9.17, 15) is 13.2 Å². The lowest BCUT2D eigenvalue weighted by molar-refractivity contribution is 0.102. The van der Waals surface area contributed by atoms with Crippen LogP contribution in [0.2, 0.25) is 0 Å². The summed E-state index contributed by atoms with van der Waals surface area (Å²) in [6.45, 7) is 5.01. The molecular weight excluding hydrogens is 450 g/mol. The third-order valence-corrected chi connectivity index (χ3v) is 7.91. The average molecular weight is 478 g/mol. The number of amides is 1. The summed E-state index contributed by atoms with van der Waals surface area (Å²) >= 11 is 1.40. The summed E-state index contributed by atoms with van der Waals surface area (Å²) in [7, 11) is -0.709. The van der Waals surface area contributed by atoms with Crippen LogP contribution >= 0.6 is 11.3 Å². The third kappa shape index (κ3) is 5.51. The summed E-state index contributed by atoms with van der Waals surface area (Å²) in [4.78, 5) is 17.2. The smallest absolute Gasteiger partial charge is 0.257 e. The number of rotatable bonds is 10. The standard InChI is InChI=1S/C22H27N3O5S2/c1-15-13-19-20(14-16(15)2)31-22(23-19)24-21(26)17-5-7-18(8-6-17)32(27,28)25(9-11-29-3)10-12-30-4/h5-8,13-14H,9-12H2,1-4H3,(H,23,24,26). The number of sulfonamides is 1. The van der Waals surface area contributed by atoms with Crippen molar-refractivity contribution >= 4 is 42.6 Å². The van der Waals surface area contributed by atoms with E-state index in [-0.39, 0.29) is 37.1 Å². The van der Waals surface area contributed by atoms with Gasteiger partial charge in [-0.2, -0.15) is 4.31 Å². The van der Waals surface area contributed by atoms with Gasteiger partial charge in [0, 0.05) is 32.9 Å². The SMILES string of the molecule is COCCN(CCOC)S(=O)(=O)c1ccc(C(=O)Nc2nc3cc(C)c(C)cc3s2)cc1. The molecule has 3 aromatic rings. The molecule has 0 atom stereocenters. The zero-order chi connectivity index (χ0) is 23.3. The fourth-order valence-corrected chi connectivity index (χ4v) is 5.42. The van der Waals surface area contributed by atoms with Gasteiger partial charge >= 0.3 is 0 Å². The van der Waals surface area contributed by atoms with Crippen LogP contribution in [0.3, 0.4) is 0 Å². The van der Waals surface area contributed by atoms with E-state index in [0.29, 0.717) is 10.7 Å². The predicted molar refractivity (Wildman–Crippen MR) is 126 cm³/mol. The number of hydrogen-bond acceptors (Lipinski definition) is 7. The van der Waals surface area contributed by atoms with Gasteiger partial charge in [-0.05, 0) is 61.4 Å². The number of nitrogens with zero attached hydrogens (tertiary/aromatic N) is 2. The van der Waals surface area contributed by atoms with Crippen LogP contribution in [0.15, 0.2) is 41.3 Å². The van der Waals surface area contributed by atoms with Crippen LogP contribution in [0.25, 0.3) is 10.2 Å². The monoisotopic (exact) mass is 477 g/mol. The summed E-state index contributed by atoms with van der Waals surface area (Å²) in [5.74, 6) is -0.350. The van der Waals surface area contributed by atoms with Crippen LogP contribution in [-0.4, -0.2) is 64.1 Å². The van der Waals surface area contributed by atoms with Crippen molar-refractivity contribution in [3.8, 4) is 0 Å². The summed E-state index contributed by atoms with van der Waals surface area (Å²) in [6.07, 6.45) is 0. The van der Waals surface area contributed by atoms with Gasteiger partial charge in [0.15, 0.2) is 5.13 Å². The fourth-order valence-electron chi connectivity index (χ4n) is 3.07. The number of carbonyl (C=O) groups excluding carboxylic acids is 1. The number of hydrogen-bond donors (Lipinski definition) is 1. The van der Waals surface area contributed by atoms with Gasteiger partial charge in [0.1, 0.15) is 0 Å². The van der Waals surface area contributed by atoms with Gasteiger partial charge in [-0.3, -0.25) is 10.1 Å². The third-order valence-electron chi connectivity index (χ3n) is 5.07. The van der Waals surface area contributed by atoms with Crippen molar-refractivity contribution in [3.05, 3.63) is 53.1 Å². The Kier molecular flexibility index (Phi) is 7.96. The first-order valence-electron chi connectivity index (χ1n) is 10.0. The van der Waals surface area contributed by atoms with E-state index in [1.54, 1.807) is 0 Å². The molecule has 0 radical (unpaired) electrons. The van der Waals surface area contributed by atoms with Gasteiger partial charge in [-0.1, -0.05) is 11.3 Å². The lowest BCUT2D eigenvalue weighted by atomic mass is 10.1. The number of anilines is 1. The second-order valence-electron chi connectivity index (χ2n) is 7.29. The Morgan fingerprint density at radius 2 is 1.62 bits per heavy atom. The van der Waals surface area contributed by atoms with E-state index in [4.69, 9.17) is 9.47 Å². The molecule has 3 rings (SSSR count). The van der Waals surface area contributed by atoms with Crippen LogP contribution in [0.5, 0.6) is 0 Å². The van der Waals surface area contributed by atoms with Crippen molar-refractivity contribution in [2.24, 2.45) is 0 Å². The van der Waals surface area contributed by atoms with E-state index in [1.165, 1.54) is 59.7 Å². The number of carbonyl (C=O) groups is 1. The Balaban J connectivity index is 1.75. The molecule has 1 heterocycles. The van der Waals surface area contributed by atoms with Gasteiger partial charge < -0.3 is 9.47 Å². The molecule has 0 spiro atoms. The molecular formula is C22H27N3O5S2. The van der Waals surface area contributed by atoms with Gasteiger partial charge in [0.2, 0.25) is 10.0 Å². The molecule has 32 heavy (non-hydrogen) atoms. The minimum absolute atomic E-state index is 0.104. The number of aromatic nitrogens is 1. The van der Waals surface area contributed by atoms with E-state index >= 15 is 0 Å². The van der Waals surface area contributed by atoms with Crippen LogP contribution in [0, 0.1) is 13.8 Å². The van der Waals surface area contributed by atoms with E-state index < -0.39 is 10.0 Å². The molecule has 1 aromatic heterocycles. The molecule has 0 fully saturated rings. The summed E-state index contributed by atoms with van der Waals surface area (Å²) in [5.41, 5.74) is 3.49. The Labute approximate surface area is 192 Å². The number of ether oxygens (including phenoxy) is 2. The van der Waals surface area contributed by atoms with Crippen molar-refractivity contribution in [1.82, 2.24) is 9.29 Å². The molecule has 0 saturated heterocycles. The van der Waals surface area contributed by atoms with E-state index in [0.717, 1.165) is 15.8 Å². The largest absolute Gasteiger partial charge is 0.383 e. The maximum Gasteiger partial charge on any atom is 0.257 e. The zero-order valence-electron chi connectivity index (χ0n) is 18.5. The van der Waals surface area contributed by atoms with Crippen molar-refractivity contribution in [2.45, 2.75) is 18.7 Å². The Hall–Kier alpha value is -2.37. The first-order valence-corrected chi connectivity index (χ1v) is 12.3. The molecule has 1 amide bonds. The van der Waals surface area contributed by atoms with Crippen LogP contribution < -0.4 is 5.32 Å². The van der Waals surface area contributed by atoms with Gasteiger partial charge in [-0.25, -0.2) is 13.4 Å². The lowest BCUT2D eigenvalue weighted by Crippen LogP contribution is -2.36. The number of thiazole rings is 1. The minimum atomic E-state index is -3.74. The number of benzene rings is 2. The fraction of sp³-hybridized carbons (Fsp3) is 0.364.